The van der Waals surface area contributed by atoms with E-state index in [-0.39, 0.29) is 35.1 Å². The summed E-state index contributed by atoms with van der Waals surface area (Å²) in [4.78, 5) is 22.2. The Morgan fingerprint density at radius 3 is 3.09 bits per heavy atom. The number of nitrogens with two attached hydrogens (primary N) is 1. The molecule has 2 N–H and O–H groups in total. The number of rotatable bonds is 4. The van der Waals surface area contributed by atoms with Crippen molar-refractivity contribution in [2.45, 2.75) is 18.9 Å². The van der Waals surface area contributed by atoms with Gasteiger partial charge >= 0.3 is 0 Å². The Balaban J connectivity index is 1.61. The Hall–Kier alpha value is -3.64. The summed E-state index contributed by atoms with van der Waals surface area (Å²) in [7, 11) is 0. The molecule has 1 unspecified atom stereocenters. The lowest BCUT2D eigenvalue weighted by Crippen LogP contribution is -2.40. The summed E-state index contributed by atoms with van der Waals surface area (Å²) in [6.45, 7) is 4.63. The molecule has 8 nitrogen and oxygen atoms in total. The molecule has 0 radical (unpaired) electrons. The topological polar surface area (TPSA) is 99.2 Å². The molecule has 2 aromatic heterocycles. The number of amides is 1. The number of piperidine rings is 1. The number of nitrogens with zero attached hydrogens (tertiary/aromatic N) is 5. The van der Waals surface area contributed by atoms with Gasteiger partial charge in [-0.2, -0.15) is 5.10 Å². The highest BCUT2D eigenvalue weighted by molar-refractivity contribution is 6.30. The van der Waals surface area contributed by atoms with Crippen LogP contribution in [0.2, 0.25) is 5.02 Å². The zero-order valence-corrected chi connectivity index (χ0v) is 17.8. The van der Waals surface area contributed by atoms with Crippen LogP contribution in [0.15, 0.2) is 37.2 Å². The Kier molecular flexibility index (Phi) is 6.23. The van der Waals surface area contributed by atoms with Crippen LogP contribution >= 0.6 is 11.6 Å². The second-order valence-corrected chi connectivity index (χ2v) is 7.58. The fourth-order valence-electron chi connectivity index (χ4n) is 3.65. The zero-order valence-electron chi connectivity index (χ0n) is 17.1. The number of fused-ring (bicyclic) bond motifs is 1. The van der Waals surface area contributed by atoms with E-state index >= 15 is 0 Å². The van der Waals surface area contributed by atoms with Crippen LogP contribution in [0.25, 0.3) is 11.0 Å². The number of nitrogen functional groups attached to an aromatic ring is 1. The lowest BCUT2D eigenvalue weighted by atomic mass is 10.1. The summed E-state index contributed by atoms with van der Waals surface area (Å²) < 4.78 is 21.1. The van der Waals surface area contributed by atoms with Crippen LogP contribution in [0.1, 0.15) is 24.6 Å². The summed E-state index contributed by atoms with van der Waals surface area (Å²) in [6.07, 6.45) is 4.33. The molecule has 10 heteroatoms. The lowest BCUT2D eigenvalue weighted by molar-refractivity contribution is -0.127. The number of likely N-dealkylation sites (tertiary alicyclic amines) is 1. The van der Waals surface area contributed by atoms with Crippen molar-refractivity contribution < 1.29 is 13.9 Å². The molecule has 32 heavy (non-hydrogen) atoms. The molecular formula is C22H20ClFN6O2. The summed E-state index contributed by atoms with van der Waals surface area (Å²) in [5, 5.41) is 5.12. The van der Waals surface area contributed by atoms with E-state index in [9.17, 15) is 9.18 Å². The first-order valence-corrected chi connectivity index (χ1v) is 10.3. The Morgan fingerprint density at radius 1 is 1.44 bits per heavy atom. The van der Waals surface area contributed by atoms with Crippen LogP contribution in [0.3, 0.4) is 0 Å². The molecule has 164 valence electrons. The number of aromatic nitrogens is 4. The fourth-order valence-corrected chi connectivity index (χ4v) is 3.82. The number of hydrogen-bond acceptors (Lipinski definition) is 6. The van der Waals surface area contributed by atoms with E-state index in [2.05, 4.69) is 33.5 Å². The fraction of sp³-hybridized carbons (Fsp3) is 0.273. The Morgan fingerprint density at radius 2 is 2.28 bits per heavy atom. The second kappa shape index (κ2) is 9.24. The van der Waals surface area contributed by atoms with Gasteiger partial charge < -0.3 is 15.4 Å². The number of hydrogen-bond donors (Lipinski definition) is 1. The standard InChI is InChI=1S/C22H20ClFN6O2/c1-2-18(31)29-10-4-6-14(12-29)30-22-19(21(25)26-13-27-22)16(28-30)8-5-11-32-17-9-3-7-15(23)20(17)24/h2-3,7,9,13-14H,1,4,6,10-12H2,(H2,25,26,27). The smallest absolute Gasteiger partial charge is 0.246 e. The van der Waals surface area contributed by atoms with Gasteiger partial charge in [0.2, 0.25) is 5.91 Å². The van der Waals surface area contributed by atoms with Crippen molar-refractivity contribution in [2.24, 2.45) is 0 Å². The minimum Gasteiger partial charge on any atom is -0.478 e. The third-order valence-corrected chi connectivity index (χ3v) is 5.46. The molecular weight excluding hydrogens is 435 g/mol. The number of benzene rings is 1. The van der Waals surface area contributed by atoms with Crippen molar-refractivity contribution in [1.82, 2.24) is 24.6 Å². The lowest BCUT2D eigenvalue weighted by Gasteiger charge is -2.32. The first kappa shape index (κ1) is 21.6. The molecule has 4 rings (SSSR count). The minimum atomic E-state index is -0.640. The predicted octanol–water partition coefficient (Wildman–Crippen LogP) is 2.98. The zero-order chi connectivity index (χ0) is 22.7. The van der Waals surface area contributed by atoms with Gasteiger partial charge in [-0.1, -0.05) is 30.2 Å². The molecule has 0 aliphatic carbocycles. The van der Waals surface area contributed by atoms with E-state index in [1.165, 1.54) is 24.5 Å². The maximum absolute atomic E-state index is 13.9. The van der Waals surface area contributed by atoms with Gasteiger partial charge in [-0.3, -0.25) is 4.79 Å². The summed E-state index contributed by atoms with van der Waals surface area (Å²) in [6, 6.07) is 4.41. The van der Waals surface area contributed by atoms with Crippen LogP contribution < -0.4 is 10.5 Å². The largest absolute Gasteiger partial charge is 0.478 e. The van der Waals surface area contributed by atoms with E-state index in [1.54, 1.807) is 15.6 Å². The summed E-state index contributed by atoms with van der Waals surface area (Å²) in [5.74, 6) is 5.25. The van der Waals surface area contributed by atoms with E-state index in [0.29, 0.717) is 29.8 Å². The molecule has 3 heterocycles. The van der Waals surface area contributed by atoms with Gasteiger partial charge in [-0.05, 0) is 37.0 Å². The summed E-state index contributed by atoms with van der Waals surface area (Å²) >= 11 is 5.76. The van der Waals surface area contributed by atoms with Crippen molar-refractivity contribution in [1.29, 1.82) is 0 Å². The molecule has 1 fully saturated rings. The minimum absolute atomic E-state index is 0.0132. The average Bonchev–Trinajstić information content (AvgIpc) is 3.19. The molecule has 1 aliphatic rings. The number of carbonyl (C=O) groups excluding carboxylic acids is 1. The predicted molar refractivity (Wildman–Crippen MR) is 119 cm³/mol. The third-order valence-electron chi connectivity index (χ3n) is 5.17. The average molecular weight is 455 g/mol. The molecule has 3 aromatic rings. The molecule has 1 aromatic carbocycles. The van der Waals surface area contributed by atoms with Crippen LogP contribution in [-0.4, -0.2) is 50.3 Å². The molecule has 1 atom stereocenters. The van der Waals surface area contributed by atoms with Gasteiger partial charge in [0.1, 0.15) is 24.4 Å². The van der Waals surface area contributed by atoms with Crippen LogP contribution in [0.4, 0.5) is 10.2 Å². The third kappa shape index (κ3) is 4.22. The second-order valence-electron chi connectivity index (χ2n) is 7.18. The summed E-state index contributed by atoms with van der Waals surface area (Å²) in [5.41, 5.74) is 7.02. The van der Waals surface area contributed by atoms with Crippen molar-refractivity contribution in [2.75, 3.05) is 25.4 Å². The quantitative estimate of drug-likeness (QED) is 0.480. The maximum atomic E-state index is 13.9. The molecule has 1 amide bonds. The highest BCUT2D eigenvalue weighted by Crippen LogP contribution is 2.28. The van der Waals surface area contributed by atoms with Gasteiger partial charge in [0, 0.05) is 13.1 Å². The first-order chi connectivity index (χ1) is 15.5. The number of anilines is 1. The number of halogens is 2. The SMILES string of the molecule is C=CC(=O)N1CCCC(n2nc(C#CCOc3cccc(Cl)c3F)c3c(N)ncnc32)C1. The monoisotopic (exact) mass is 454 g/mol. The molecule has 1 saturated heterocycles. The van der Waals surface area contributed by atoms with Gasteiger partial charge in [0.25, 0.3) is 0 Å². The Bertz CT molecular complexity index is 1250. The van der Waals surface area contributed by atoms with Crippen molar-refractivity contribution in [3.63, 3.8) is 0 Å². The highest BCUT2D eigenvalue weighted by atomic mass is 35.5. The van der Waals surface area contributed by atoms with Gasteiger partial charge in [-0.25, -0.2) is 19.0 Å². The van der Waals surface area contributed by atoms with Gasteiger partial charge in [0.05, 0.1) is 16.5 Å². The van der Waals surface area contributed by atoms with E-state index < -0.39 is 5.82 Å². The van der Waals surface area contributed by atoms with E-state index in [1.807, 2.05) is 0 Å². The van der Waals surface area contributed by atoms with Gasteiger partial charge in [-0.15, -0.1) is 0 Å². The van der Waals surface area contributed by atoms with E-state index in [0.717, 1.165) is 12.8 Å². The first-order valence-electron chi connectivity index (χ1n) is 9.95. The van der Waals surface area contributed by atoms with E-state index in [4.69, 9.17) is 22.1 Å². The normalized spacial score (nSPS) is 15.8. The molecule has 0 bridgehead atoms. The van der Waals surface area contributed by atoms with Crippen LogP contribution in [0.5, 0.6) is 5.75 Å². The Labute approximate surface area is 188 Å². The molecule has 0 spiro atoms. The number of carbonyl (C=O) groups is 1. The van der Waals surface area contributed by atoms with Crippen molar-refractivity contribution in [3.05, 3.63) is 53.7 Å². The van der Waals surface area contributed by atoms with Crippen LogP contribution in [-0.2, 0) is 4.79 Å². The van der Waals surface area contributed by atoms with Gasteiger partial charge in [0.15, 0.2) is 17.2 Å². The maximum Gasteiger partial charge on any atom is 0.246 e. The van der Waals surface area contributed by atoms with Crippen molar-refractivity contribution >= 4 is 34.4 Å². The highest BCUT2D eigenvalue weighted by Gasteiger charge is 2.27. The van der Waals surface area contributed by atoms with Crippen molar-refractivity contribution in [3.8, 4) is 17.6 Å². The molecule has 0 saturated carbocycles. The van der Waals surface area contributed by atoms with Crippen LogP contribution in [0, 0.1) is 17.7 Å². The number of ether oxygens (including phenoxy) is 1. The molecule has 1 aliphatic heterocycles.